The molecule has 0 N–H and O–H groups in total. The fourth-order valence-corrected chi connectivity index (χ4v) is 5.88. The van der Waals surface area contributed by atoms with Gasteiger partial charge in [0.1, 0.15) is 6.10 Å². The Labute approximate surface area is 124 Å². The Morgan fingerprint density at radius 3 is 2.86 bits per heavy atom. The lowest BCUT2D eigenvalue weighted by Crippen LogP contribution is -2.54. The molecule has 2 bridgehead atoms. The molecule has 5 atom stereocenters. The second-order valence-electron chi connectivity index (χ2n) is 7.41. The van der Waals surface area contributed by atoms with Gasteiger partial charge in [-0.2, -0.15) is 0 Å². The largest absolute Gasteiger partial charge is 0.465 e. The van der Waals surface area contributed by atoms with E-state index in [1.807, 2.05) is 0 Å². The minimum absolute atomic E-state index is 0.0224. The maximum Gasteiger partial charge on any atom is 0.333 e. The second-order valence-corrected chi connectivity index (χ2v) is 7.41. The van der Waals surface area contributed by atoms with Crippen molar-refractivity contribution in [1.82, 2.24) is 0 Å². The molecule has 0 radical (unpaired) electrons. The number of fused-ring (bicyclic) bond motifs is 2. The van der Waals surface area contributed by atoms with E-state index in [1.165, 1.54) is 6.42 Å². The van der Waals surface area contributed by atoms with Crippen molar-refractivity contribution >= 4 is 11.9 Å². The smallest absolute Gasteiger partial charge is 0.333 e. The van der Waals surface area contributed by atoms with Gasteiger partial charge in [0.05, 0.1) is 12.0 Å². The topological polar surface area (TPSA) is 52.6 Å². The van der Waals surface area contributed by atoms with Gasteiger partial charge in [-0.25, -0.2) is 4.79 Å². The lowest BCUT2D eigenvalue weighted by atomic mass is 9.51. The number of esters is 2. The van der Waals surface area contributed by atoms with Gasteiger partial charge < -0.3 is 9.47 Å². The van der Waals surface area contributed by atoms with E-state index in [2.05, 4.69) is 6.58 Å². The van der Waals surface area contributed by atoms with Crippen LogP contribution in [0.5, 0.6) is 0 Å². The molecule has 3 aliphatic carbocycles. The van der Waals surface area contributed by atoms with Crippen molar-refractivity contribution in [2.45, 2.75) is 51.6 Å². The van der Waals surface area contributed by atoms with Crippen LogP contribution < -0.4 is 0 Å². The minimum atomic E-state index is -0.367. The zero-order valence-corrected chi connectivity index (χ0v) is 12.5. The Hall–Kier alpha value is -1.32. The van der Waals surface area contributed by atoms with E-state index in [4.69, 9.17) is 9.47 Å². The van der Waals surface area contributed by atoms with Crippen molar-refractivity contribution in [2.24, 2.45) is 22.7 Å². The van der Waals surface area contributed by atoms with E-state index in [9.17, 15) is 9.59 Å². The highest BCUT2D eigenvalue weighted by Gasteiger charge is 2.77. The Morgan fingerprint density at radius 1 is 1.33 bits per heavy atom. The molecule has 1 saturated heterocycles. The molecule has 4 rings (SSSR count). The Morgan fingerprint density at radius 2 is 2.10 bits per heavy atom. The van der Waals surface area contributed by atoms with Gasteiger partial charge in [-0.3, -0.25) is 4.79 Å². The van der Waals surface area contributed by atoms with Crippen LogP contribution in [0.1, 0.15) is 45.4 Å². The van der Waals surface area contributed by atoms with Crippen molar-refractivity contribution < 1.29 is 19.1 Å². The molecule has 0 spiro atoms. The highest BCUT2D eigenvalue weighted by Crippen LogP contribution is 2.74. The van der Waals surface area contributed by atoms with E-state index in [-0.39, 0.29) is 34.8 Å². The van der Waals surface area contributed by atoms with E-state index < -0.39 is 0 Å². The fraction of sp³-hybridized carbons (Fsp3) is 0.765. The number of cyclic esters (lactones) is 1. The predicted molar refractivity (Wildman–Crippen MR) is 75.2 cm³/mol. The lowest BCUT2D eigenvalue weighted by Gasteiger charge is -2.50. The van der Waals surface area contributed by atoms with Crippen LogP contribution in [0.4, 0.5) is 0 Å². The molecule has 4 fully saturated rings. The summed E-state index contributed by atoms with van der Waals surface area (Å²) in [7, 11) is 0. The van der Waals surface area contributed by atoms with E-state index >= 15 is 0 Å². The summed E-state index contributed by atoms with van der Waals surface area (Å²) < 4.78 is 11.2. The molecule has 0 amide bonds. The van der Waals surface area contributed by atoms with Gasteiger partial charge >= 0.3 is 11.9 Å². The third-order valence-electron chi connectivity index (χ3n) is 6.68. The average Bonchev–Trinajstić information content (AvgIpc) is 3.09. The standard InChI is InChI=1S/C17H22O4/c1-10(2)14(18)21-13-8-11-7-12(13)17-6-4-3-5-16(11,17)9-20-15(17)19/h11-13H,1,3-9H2,2H3. The van der Waals surface area contributed by atoms with Crippen LogP contribution in [0.2, 0.25) is 0 Å². The van der Waals surface area contributed by atoms with Crippen LogP contribution in [0.3, 0.4) is 0 Å². The van der Waals surface area contributed by atoms with Gasteiger partial charge in [-0.15, -0.1) is 0 Å². The van der Waals surface area contributed by atoms with E-state index in [0.717, 1.165) is 32.1 Å². The molecular formula is C17H22O4. The summed E-state index contributed by atoms with van der Waals surface area (Å²) >= 11 is 0. The first-order valence-electron chi connectivity index (χ1n) is 8.05. The molecule has 1 heterocycles. The highest BCUT2D eigenvalue weighted by atomic mass is 16.6. The van der Waals surface area contributed by atoms with Crippen molar-refractivity contribution in [3.05, 3.63) is 12.2 Å². The Balaban J connectivity index is 1.68. The van der Waals surface area contributed by atoms with Crippen molar-refractivity contribution in [3.63, 3.8) is 0 Å². The van der Waals surface area contributed by atoms with Crippen LogP contribution >= 0.6 is 0 Å². The maximum absolute atomic E-state index is 12.6. The van der Waals surface area contributed by atoms with Crippen molar-refractivity contribution in [1.29, 1.82) is 0 Å². The third kappa shape index (κ3) is 1.41. The molecule has 1 aliphatic heterocycles. The second kappa shape index (κ2) is 4.11. The summed E-state index contributed by atoms with van der Waals surface area (Å²) in [5.41, 5.74) is 0.104. The molecule has 4 aliphatic rings. The number of ether oxygens (including phenoxy) is 2. The Bertz CT molecular complexity index is 539. The van der Waals surface area contributed by atoms with Crippen LogP contribution in [0.15, 0.2) is 12.2 Å². The number of hydrogen-bond acceptors (Lipinski definition) is 4. The molecule has 4 nitrogen and oxygen atoms in total. The van der Waals surface area contributed by atoms with Crippen LogP contribution in [-0.2, 0) is 19.1 Å². The summed E-state index contributed by atoms with van der Waals surface area (Å²) in [5, 5.41) is 0. The van der Waals surface area contributed by atoms with E-state index in [1.54, 1.807) is 6.92 Å². The first-order valence-corrected chi connectivity index (χ1v) is 8.05. The molecule has 114 valence electrons. The Kier molecular flexibility index (Phi) is 2.61. The molecule has 0 aromatic carbocycles. The first-order chi connectivity index (χ1) is 10.0. The lowest BCUT2D eigenvalue weighted by molar-refractivity contribution is -0.166. The SMILES string of the molecule is C=C(C)C(=O)OC1CC2CC1C13CCCCC21COC3=O. The van der Waals surface area contributed by atoms with Crippen LogP contribution in [0.25, 0.3) is 0 Å². The molecule has 0 aromatic rings. The van der Waals surface area contributed by atoms with Crippen LogP contribution in [-0.4, -0.2) is 24.6 Å². The van der Waals surface area contributed by atoms with Gasteiger partial charge in [0.2, 0.25) is 0 Å². The number of carbonyl (C=O) groups is 2. The molecule has 21 heavy (non-hydrogen) atoms. The van der Waals surface area contributed by atoms with Gasteiger partial charge in [0, 0.05) is 16.9 Å². The number of rotatable bonds is 2. The van der Waals surface area contributed by atoms with Crippen molar-refractivity contribution in [3.8, 4) is 0 Å². The monoisotopic (exact) mass is 290 g/mol. The highest BCUT2D eigenvalue weighted by molar-refractivity contribution is 5.87. The predicted octanol–water partition coefficient (Wildman–Crippen LogP) is 2.62. The normalized spacial score (nSPS) is 46.7. The van der Waals surface area contributed by atoms with E-state index in [0.29, 0.717) is 18.1 Å². The van der Waals surface area contributed by atoms with Crippen LogP contribution in [0, 0.1) is 22.7 Å². The number of carbonyl (C=O) groups excluding carboxylic acids is 2. The van der Waals surface area contributed by atoms with Gasteiger partial charge in [0.25, 0.3) is 0 Å². The average molecular weight is 290 g/mol. The minimum Gasteiger partial charge on any atom is -0.465 e. The first kappa shape index (κ1) is 13.4. The molecule has 3 saturated carbocycles. The molecule has 4 heteroatoms. The van der Waals surface area contributed by atoms with Gasteiger partial charge in [-0.1, -0.05) is 19.4 Å². The third-order valence-corrected chi connectivity index (χ3v) is 6.68. The maximum atomic E-state index is 12.6. The molecular weight excluding hydrogens is 268 g/mol. The summed E-state index contributed by atoms with van der Waals surface area (Å²) in [4.78, 5) is 24.4. The summed E-state index contributed by atoms with van der Waals surface area (Å²) in [5.74, 6) is 0.278. The molecule has 5 unspecified atom stereocenters. The number of hydrogen-bond donors (Lipinski definition) is 0. The van der Waals surface area contributed by atoms with Gasteiger partial charge in [-0.05, 0) is 38.5 Å². The zero-order chi connectivity index (χ0) is 14.8. The quantitative estimate of drug-likeness (QED) is 0.579. The zero-order valence-electron chi connectivity index (χ0n) is 12.5. The fourth-order valence-electron chi connectivity index (χ4n) is 5.88. The summed E-state index contributed by atoms with van der Waals surface area (Å²) in [6.07, 6.45) is 6.07. The van der Waals surface area contributed by atoms with Crippen molar-refractivity contribution in [2.75, 3.05) is 6.61 Å². The van der Waals surface area contributed by atoms with Gasteiger partial charge in [0.15, 0.2) is 0 Å². The summed E-state index contributed by atoms with van der Waals surface area (Å²) in [6, 6.07) is 0. The summed E-state index contributed by atoms with van der Waals surface area (Å²) in [6.45, 7) is 5.91. The molecule has 0 aromatic heterocycles.